The van der Waals surface area contributed by atoms with Gasteiger partial charge in [-0.25, -0.2) is 4.79 Å². The van der Waals surface area contributed by atoms with Gasteiger partial charge in [-0.2, -0.15) is 0 Å². The van der Waals surface area contributed by atoms with Crippen LogP contribution in [-0.4, -0.2) is 62.2 Å². The molecule has 9 heteroatoms. The van der Waals surface area contributed by atoms with E-state index in [0.29, 0.717) is 48.2 Å². The summed E-state index contributed by atoms with van der Waals surface area (Å²) in [6.45, 7) is 4.40. The van der Waals surface area contributed by atoms with E-state index in [2.05, 4.69) is 5.32 Å². The first-order valence-corrected chi connectivity index (χ1v) is 12.1. The number of hydrogen-bond acceptors (Lipinski definition) is 6. The minimum Gasteiger partial charge on any atom is -0.497 e. The van der Waals surface area contributed by atoms with Crippen LogP contribution in [0.4, 0.5) is 10.5 Å². The molecule has 0 saturated carbocycles. The van der Waals surface area contributed by atoms with Crippen LogP contribution in [0.15, 0.2) is 65.3 Å². The highest BCUT2D eigenvalue weighted by molar-refractivity contribution is 5.92. The van der Waals surface area contributed by atoms with Crippen molar-refractivity contribution < 1.29 is 28.2 Å². The molecule has 3 rings (SSSR count). The lowest BCUT2D eigenvalue weighted by atomic mass is 10.1. The van der Waals surface area contributed by atoms with Gasteiger partial charge >= 0.3 is 6.03 Å². The second kappa shape index (κ2) is 13.2. The Labute approximate surface area is 217 Å². The number of nitrogens with zero attached hydrogens (tertiary/aromatic N) is 2. The predicted octanol–water partition coefficient (Wildman–Crippen LogP) is 4.82. The molecule has 1 N–H and O–H groups in total. The lowest BCUT2D eigenvalue weighted by Crippen LogP contribution is -2.47. The van der Waals surface area contributed by atoms with Crippen molar-refractivity contribution in [1.82, 2.24) is 9.80 Å². The van der Waals surface area contributed by atoms with E-state index in [-0.39, 0.29) is 24.5 Å². The number of benzene rings is 2. The molecule has 198 valence electrons. The highest BCUT2D eigenvalue weighted by Crippen LogP contribution is 2.28. The lowest BCUT2D eigenvalue weighted by molar-refractivity contribution is -0.133. The number of furan rings is 1. The second-order valence-electron chi connectivity index (χ2n) is 8.71. The van der Waals surface area contributed by atoms with Gasteiger partial charge in [0.25, 0.3) is 0 Å². The Kier molecular flexibility index (Phi) is 9.83. The summed E-state index contributed by atoms with van der Waals surface area (Å²) < 4.78 is 21.4. The van der Waals surface area contributed by atoms with Gasteiger partial charge in [-0.15, -0.1) is 0 Å². The van der Waals surface area contributed by atoms with Crippen LogP contribution < -0.4 is 19.5 Å². The van der Waals surface area contributed by atoms with E-state index in [4.69, 9.17) is 18.6 Å². The number of amides is 3. The molecule has 0 fully saturated rings. The first kappa shape index (κ1) is 27.4. The molecule has 9 nitrogen and oxygen atoms in total. The highest BCUT2D eigenvalue weighted by Gasteiger charge is 2.24. The van der Waals surface area contributed by atoms with Crippen molar-refractivity contribution in [3.8, 4) is 17.2 Å². The Morgan fingerprint density at radius 1 is 0.946 bits per heavy atom. The molecular weight excluding hydrogens is 474 g/mol. The van der Waals surface area contributed by atoms with Gasteiger partial charge in [-0.3, -0.25) is 4.79 Å². The number of rotatable bonds is 12. The van der Waals surface area contributed by atoms with Crippen molar-refractivity contribution in [1.29, 1.82) is 0 Å². The zero-order valence-electron chi connectivity index (χ0n) is 22.0. The number of hydrogen-bond donors (Lipinski definition) is 1. The van der Waals surface area contributed by atoms with Crippen molar-refractivity contribution in [2.45, 2.75) is 32.9 Å². The number of carbonyl (C=O) groups excluding carboxylic acids is 2. The van der Waals surface area contributed by atoms with Crippen LogP contribution in [0.5, 0.6) is 17.2 Å². The van der Waals surface area contributed by atoms with E-state index in [0.717, 1.165) is 5.56 Å². The average Bonchev–Trinajstić information content (AvgIpc) is 3.42. The molecule has 0 aliphatic rings. The van der Waals surface area contributed by atoms with E-state index >= 15 is 0 Å². The Balaban J connectivity index is 1.72. The maximum absolute atomic E-state index is 13.5. The van der Waals surface area contributed by atoms with Crippen LogP contribution in [0, 0.1) is 0 Å². The minimum absolute atomic E-state index is 0.0771. The number of ether oxygens (including phenoxy) is 3. The van der Waals surface area contributed by atoms with Gasteiger partial charge in [0, 0.05) is 18.3 Å². The first-order valence-electron chi connectivity index (χ1n) is 12.1. The third-order valence-electron chi connectivity index (χ3n) is 5.93. The van der Waals surface area contributed by atoms with Gasteiger partial charge in [0.05, 0.1) is 34.1 Å². The van der Waals surface area contributed by atoms with Crippen molar-refractivity contribution in [2.75, 3.05) is 39.7 Å². The molecule has 0 aliphatic carbocycles. The summed E-state index contributed by atoms with van der Waals surface area (Å²) in [7, 11) is 4.76. The lowest BCUT2D eigenvalue weighted by Gasteiger charge is -2.30. The standard InChI is InChI=1S/C28H35N3O6/c1-20(2)31(28(33)29-22-9-11-23(34-3)12-10-22)19-27(32)30(18-24-7-6-16-37-24)15-14-21-8-13-25(35-4)26(17-21)36-5/h6-13,16-17,20H,14-15,18-19H2,1-5H3,(H,29,33). The SMILES string of the molecule is COc1ccc(NC(=O)N(CC(=O)N(CCc2ccc(OC)c(OC)c2)Cc2ccco2)C(C)C)cc1. The Hall–Kier alpha value is -4.14. The minimum atomic E-state index is -0.355. The van der Waals surface area contributed by atoms with Gasteiger partial charge in [-0.05, 0) is 74.4 Å². The van der Waals surface area contributed by atoms with E-state index in [1.165, 1.54) is 4.90 Å². The van der Waals surface area contributed by atoms with Gasteiger partial charge in [0.15, 0.2) is 11.5 Å². The molecule has 0 unspecified atom stereocenters. The molecule has 2 aromatic carbocycles. The summed E-state index contributed by atoms with van der Waals surface area (Å²) in [5.41, 5.74) is 1.61. The van der Waals surface area contributed by atoms with E-state index in [1.807, 2.05) is 38.1 Å². The van der Waals surface area contributed by atoms with Crippen LogP contribution in [0.3, 0.4) is 0 Å². The Morgan fingerprint density at radius 2 is 1.68 bits per heavy atom. The first-order chi connectivity index (χ1) is 17.8. The number of anilines is 1. The smallest absolute Gasteiger partial charge is 0.322 e. The van der Waals surface area contributed by atoms with Crippen LogP contribution in [0.1, 0.15) is 25.2 Å². The molecule has 1 aromatic heterocycles. The zero-order chi connectivity index (χ0) is 26.8. The third-order valence-corrected chi connectivity index (χ3v) is 5.93. The van der Waals surface area contributed by atoms with E-state index in [1.54, 1.807) is 62.8 Å². The molecule has 0 spiro atoms. The summed E-state index contributed by atoms with van der Waals surface area (Å²) >= 11 is 0. The van der Waals surface area contributed by atoms with Crippen molar-refractivity contribution in [2.24, 2.45) is 0 Å². The van der Waals surface area contributed by atoms with Crippen LogP contribution >= 0.6 is 0 Å². The summed E-state index contributed by atoms with van der Waals surface area (Å²) in [6.07, 6.45) is 2.17. The highest BCUT2D eigenvalue weighted by atomic mass is 16.5. The van der Waals surface area contributed by atoms with Gasteiger partial charge in [0.1, 0.15) is 18.1 Å². The summed E-state index contributed by atoms with van der Waals surface area (Å²) in [4.78, 5) is 29.7. The molecule has 37 heavy (non-hydrogen) atoms. The molecule has 0 bridgehead atoms. The molecular formula is C28H35N3O6. The largest absolute Gasteiger partial charge is 0.497 e. The molecule has 3 aromatic rings. The third kappa shape index (κ3) is 7.67. The van der Waals surface area contributed by atoms with Gasteiger partial charge < -0.3 is 33.7 Å². The van der Waals surface area contributed by atoms with Crippen molar-refractivity contribution in [3.63, 3.8) is 0 Å². The molecule has 0 saturated heterocycles. The predicted molar refractivity (Wildman–Crippen MR) is 141 cm³/mol. The van der Waals surface area contributed by atoms with E-state index < -0.39 is 0 Å². The monoisotopic (exact) mass is 509 g/mol. The molecule has 0 radical (unpaired) electrons. The normalized spacial score (nSPS) is 10.6. The van der Waals surface area contributed by atoms with E-state index in [9.17, 15) is 9.59 Å². The number of urea groups is 1. The quantitative estimate of drug-likeness (QED) is 0.376. The summed E-state index contributed by atoms with van der Waals surface area (Å²) in [5.74, 6) is 2.45. The molecule has 0 atom stereocenters. The zero-order valence-corrected chi connectivity index (χ0v) is 22.0. The Morgan fingerprint density at radius 3 is 2.27 bits per heavy atom. The van der Waals surface area contributed by atoms with Crippen LogP contribution in [0.25, 0.3) is 0 Å². The van der Waals surface area contributed by atoms with Crippen LogP contribution in [0.2, 0.25) is 0 Å². The van der Waals surface area contributed by atoms with Crippen molar-refractivity contribution in [3.05, 3.63) is 72.2 Å². The second-order valence-corrected chi connectivity index (χ2v) is 8.71. The Bertz CT molecular complexity index is 1150. The maximum atomic E-state index is 13.5. The summed E-state index contributed by atoms with van der Waals surface area (Å²) in [6, 6.07) is 15.8. The molecule has 0 aliphatic heterocycles. The fourth-order valence-electron chi connectivity index (χ4n) is 3.79. The number of nitrogens with one attached hydrogen (secondary N) is 1. The topological polar surface area (TPSA) is 93.5 Å². The summed E-state index contributed by atoms with van der Waals surface area (Å²) in [5, 5.41) is 2.86. The van der Waals surface area contributed by atoms with Gasteiger partial charge in [-0.1, -0.05) is 6.07 Å². The maximum Gasteiger partial charge on any atom is 0.322 e. The molecule has 3 amide bonds. The number of methoxy groups -OCH3 is 3. The molecule has 1 heterocycles. The fourth-order valence-corrected chi connectivity index (χ4v) is 3.79. The number of carbonyl (C=O) groups is 2. The van der Waals surface area contributed by atoms with Crippen molar-refractivity contribution >= 4 is 17.6 Å². The van der Waals surface area contributed by atoms with Gasteiger partial charge in [0.2, 0.25) is 5.91 Å². The fraction of sp³-hybridized carbons (Fsp3) is 0.357. The van der Waals surface area contributed by atoms with Crippen LogP contribution in [-0.2, 0) is 17.8 Å². The average molecular weight is 510 g/mol.